The Labute approximate surface area is 46.0 Å². The SMILES string of the molecule is [SeH2].c1cocn1. The standard InChI is InChI=1S/C3H3NO.H2Se/c1-2-5-3-4-1;/h1-3H;1H2. The van der Waals surface area contributed by atoms with Crippen LogP contribution in [0.4, 0.5) is 0 Å². The molecule has 0 aliphatic rings. The van der Waals surface area contributed by atoms with Crippen molar-refractivity contribution >= 4 is 17.1 Å². The number of rotatable bonds is 0. The summed E-state index contributed by atoms with van der Waals surface area (Å²) in [5.41, 5.74) is 0. The van der Waals surface area contributed by atoms with Crippen LogP contribution in [0.25, 0.3) is 0 Å². The van der Waals surface area contributed by atoms with E-state index in [4.69, 9.17) is 0 Å². The number of oxazole rings is 1. The Morgan fingerprint density at radius 2 is 2.33 bits per heavy atom. The molecule has 0 aliphatic carbocycles. The number of hydrogen-bond acceptors (Lipinski definition) is 2. The molecular weight excluding hydrogens is 145 g/mol. The van der Waals surface area contributed by atoms with Crippen LogP contribution >= 0.6 is 0 Å². The van der Waals surface area contributed by atoms with Crippen LogP contribution in [-0.4, -0.2) is 22.1 Å². The molecular formula is C3H5NOSe. The third-order valence-corrected chi connectivity index (χ3v) is 0.347. The van der Waals surface area contributed by atoms with Crippen LogP contribution in [0.1, 0.15) is 0 Å². The van der Waals surface area contributed by atoms with E-state index in [0.717, 1.165) is 0 Å². The topological polar surface area (TPSA) is 26.0 Å². The molecule has 0 saturated carbocycles. The summed E-state index contributed by atoms with van der Waals surface area (Å²) in [6.07, 6.45) is 4.47. The fourth-order valence-electron chi connectivity index (χ4n) is 0.176. The van der Waals surface area contributed by atoms with Crippen LogP contribution in [0.5, 0.6) is 0 Å². The first-order valence-corrected chi connectivity index (χ1v) is 1.32. The fourth-order valence-corrected chi connectivity index (χ4v) is 0.176. The molecule has 1 aromatic rings. The first-order chi connectivity index (χ1) is 2.50. The van der Waals surface area contributed by atoms with Gasteiger partial charge in [-0.25, -0.2) is 4.98 Å². The maximum absolute atomic E-state index is 4.47. The molecule has 0 radical (unpaired) electrons. The summed E-state index contributed by atoms with van der Waals surface area (Å²) in [7, 11) is 0. The summed E-state index contributed by atoms with van der Waals surface area (Å²) in [6, 6.07) is 0. The van der Waals surface area contributed by atoms with Crippen molar-refractivity contribution in [1.29, 1.82) is 0 Å². The van der Waals surface area contributed by atoms with Gasteiger partial charge in [0.25, 0.3) is 0 Å². The molecule has 0 aliphatic heterocycles. The third-order valence-electron chi connectivity index (χ3n) is 0.347. The summed E-state index contributed by atoms with van der Waals surface area (Å²) in [4.78, 5) is 3.56. The van der Waals surface area contributed by atoms with Gasteiger partial charge in [-0.15, -0.1) is 0 Å². The van der Waals surface area contributed by atoms with Crippen LogP contribution in [0.15, 0.2) is 23.3 Å². The van der Waals surface area contributed by atoms with Gasteiger partial charge in [0, 0.05) is 0 Å². The van der Waals surface area contributed by atoms with Gasteiger partial charge in [-0.2, -0.15) is 0 Å². The average molecular weight is 150 g/mol. The second-order valence-electron chi connectivity index (χ2n) is 0.676. The van der Waals surface area contributed by atoms with Crippen molar-refractivity contribution in [3.63, 3.8) is 0 Å². The molecule has 3 heteroatoms. The van der Waals surface area contributed by atoms with E-state index in [9.17, 15) is 0 Å². The quantitative estimate of drug-likeness (QED) is 0.477. The molecule has 0 bridgehead atoms. The second-order valence-corrected chi connectivity index (χ2v) is 0.676. The number of nitrogens with zero attached hydrogens (tertiary/aromatic N) is 1. The van der Waals surface area contributed by atoms with E-state index < -0.39 is 0 Å². The Hall–Kier alpha value is -0.271. The minimum atomic E-state index is 0. The average Bonchev–Trinajstić information content (AvgIpc) is 1.76. The monoisotopic (exact) mass is 151 g/mol. The molecule has 1 rings (SSSR count). The zero-order chi connectivity index (χ0) is 3.54. The largest absolute Gasteiger partial charge is 0.452 e. The molecule has 0 spiro atoms. The second kappa shape index (κ2) is 2.94. The normalized spacial score (nSPS) is 6.67. The smallest absolute Gasteiger partial charge is 0.180 e. The zero-order valence-electron chi connectivity index (χ0n) is 3.09. The first kappa shape index (κ1) is 5.73. The Morgan fingerprint density at radius 1 is 1.50 bits per heavy atom. The van der Waals surface area contributed by atoms with E-state index in [1.165, 1.54) is 12.7 Å². The Morgan fingerprint density at radius 3 is 2.50 bits per heavy atom. The molecule has 0 aromatic carbocycles. The van der Waals surface area contributed by atoms with Crippen molar-refractivity contribution < 1.29 is 4.42 Å². The number of hydrogen-bond donors (Lipinski definition) is 0. The van der Waals surface area contributed by atoms with E-state index in [-0.39, 0.29) is 17.1 Å². The molecule has 2 nitrogen and oxygen atoms in total. The molecule has 0 fully saturated rings. The Bertz CT molecular complexity index is 67.3. The molecule has 0 saturated heterocycles. The van der Waals surface area contributed by atoms with Gasteiger partial charge < -0.3 is 4.42 Å². The Balaban J connectivity index is 0.000000250. The fraction of sp³-hybridized carbons (Fsp3) is 0. The van der Waals surface area contributed by atoms with Crippen LogP contribution in [0.3, 0.4) is 0 Å². The molecule has 1 aromatic heterocycles. The van der Waals surface area contributed by atoms with Crippen molar-refractivity contribution in [1.82, 2.24) is 4.98 Å². The van der Waals surface area contributed by atoms with Gasteiger partial charge in [0.1, 0.15) is 6.26 Å². The van der Waals surface area contributed by atoms with Crippen molar-refractivity contribution in [2.45, 2.75) is 0 Å². The molecule has 34 valence electrons. The maximum atomic E-state index is 4.47. The van der Waals surface area contributed by atoms with Crippen LogP contribution in [-0.2, 0) is 0 Å². The summed E-state index contributed by atoms with van der Waals surface area (Å²) >= 11 is 0. The van der Waals surface area contributed by atoms with Gasteiger partial charge in [0.15, 0.2) is 6.39 Å². The van der Waals surface area contributed by atoms with E-state index >= 15 is 0 Å². The van der Waals surface area contributed by atoms with E-state index in [0.29, 0.717) is 0 Å². The van der Waals surface area contributed by atoms with Gasteiger partial charge in [-0.05, 0) is 0 Å². The minimum Gasteiger partial charge on any atom is -0.452 e. The van der Waals surface area contributed by atoms with Crippen LogP contribution < -0.4 is 0 Å². The predicted octanol–water partition coefficient (Wildman–Crippen LogP) is -0.242. The van der Waals surface area contributed by atoms with Gasteiger partial charge in [-0.1, -0.05) is 0 Å². The predicted molar refractivity (Wildman–Crippen MR) is 25.0 cm³/mol. The van der Waals surface area contributed by atoms with Crippen molar-refractivity contribution in [3.8, 4) is 0 Å². The van der Waals surface area contributed by atoms with E-state index in [1.54, 1.807) is 6.20 Å². The first-order valence-electron chi connectivity index (χ1n) is 1.32. The summed E-state index contributed by atoms with van der Waals surface area (Å²) in [6.45, 7) is 0. The van der Waals surface area contributed by atoms with E-state index in [1.807, 2.05) is 0 Å². The van der Waals surface area contributed by atoms with E-state index in [2.05, 4.69) is 9.40 Å². The van der Waals surface area contributed by atoms with Crippen LogP contribution in [0, 0.1) is 0 Å². The number of aromatic nitrogens is 1. The van der Waals surface area contributed by atoms with Crippen molar-refractivity contribution in [3.05, 3.63) is 18.9 Å². The minimum absolute atomic E-state index is 0. The van der Waals surface area contributed by atoms with Crippen molar-refractivity contribution in [2.75, 3.05) is 0 Å². The van der Waals surface area contributed by atoms with Gasteiger partial charge in [0.2, 0.25) is 0 Å². The molecule has 0 N–H and O–H groups in total. The molecule has 6 heavy (non-hydrogen) atoms. The Kier molecular flexibility index (Phi) is 2.81. The summed E-state index contributed by atoms with van der Waals surface area (Å²) in [5, 5.41) is 0. The molecule has 0 atom stereocenters. The zero-order valence-corrected chi connectivity index (χ0v) is 5.19. The summed E-state index contributed by atoms with van der Waals surface area (Å²) in [5.74, 6) is 0. The molecule has 0 amide bonds. The maximum Gasteiger partial charge on any atom is 0.180 e. The van der Waals surface area contributed by atoms with Gasteiger partial charge in [-0.3, -0.25) is 0 Å². The molecule has 0 unspecified atom stereocenters. The van der Waals surface area contributed by atoms with Crippen molar-refractivity contribution in [2.24, 2.45) is 0 Å². The van der Waals surface area contributed by atoms with Gasteiger partial charge in [0.05, 0.1) is 6.20 Å². The van der Waals surface area contributed by atoms with Gasteiger partial charge >= 0.3 is 17.1 Å². The third kappa shape index (κ3) is 1.24. The van der Waals surface area contributed by atoms with Crippen LogP contribution in [0.2, 0.25) is 0 Å². The molecule has 1 heterocycles. The summed E-state index contributed by atoms with van der Waals surface area (Å²) < 4.78 is 4.47.